The van der Waals surface area contributed by atoms with Crippen LogP contribution in [0.15, 0.2) is 41.0 Å². The highest BCUT2D eigenvalue weighted by atomic mass is 35.5. The third kappa shape index (κ3) is 3.39. The Balaban J connectivity index is 1.78. The molecule has 0 radical (unpaired) electrons. The average molecular weight is 340 g/mol. The van der Waals surface area contributed by atoms with E-state index in [1.54, 1.807) is 25.1 Å². The minimum atomic E-state index is 0.196. The molecule has 6 heteroatoms. The number of pyridine rings is 1. The molecule has 0 aliphatic heterocycles. The van der Waals surface area contributed by atoms with Crippen LogP contribution in [0.4, 0.5) is 0 Å². The van der Waals surface area contributed by atoms with E-state index in [1.807, 2.05) is 19.1 Å². The van der Waals surface area contributed by atoms with Gasteiger partial charge in [-0.05, 0) is 32.0 Å². The van der Waals surface area contributed by atoms with Gasteiger partial charge in [-0.2, -0.15) is 5.26 Å². The molecule has 5 nitrogen and oxygen atoms in total. The fourth-order valence-electron chi connectivity index (χ4n) is 2.32. The third-order valence-electron chi connectivity index (χ3n) is 3.40. The van der Waals surface area contributed by atoms with Crippen LogP contribution in [0.1, 0.15) is 22.6 Å². The molecule has 0 aliphatic carbocycles. The molecule has 0 fully saturated rings. The summed E-state index contributed by atoms with van der Waals surface area (Å²) < 4.78 is 11.2. The van der Waals surface area contributed by atoms with E-state index in [-0.39, 0.29) is 6.61 Å². The molecule has 3 aromatic rings. The topological polar surface area (TPSA) is 71.9 Å². The van der Waals surface area contributed by atoms with Crippen molar-refractivity contribution in [1.82, 2.24) is 9.97 Å². The summed E-state index contributed by atoms with van der Waals surface area (Å²) in [5.74, 6) is 0.966. The lowest BCUT2D eigenvalue weighted by Gasteiger charge is -2.08. The van der Waals surface area contributed by atoms with E-state index in [0.717, 1.165) is 11.3 Å². The van der Waals surface area contributed by atoms with E-state index in [1.165, 1.54) is 6.26 Å². The van der Waals surface area contributed by atoms with E-state index < -0.39 is 0 Å². The Morgan fingerprint density at radius 3 is 2.83 bits per heavy atom. The highest BCUT2D eigenvalue weighted by molar-refractivity contribution is 6.30. The van der Waals surface area contributed by atoms with Crippen molar-refractivity contribution in [1.29, 1.82) is 5.26 Å². The van der Waals surface area contributed by atoms with Gasteiger partial charge in [0.2, 0.25) is 5.89 Å². The monoisotopic (exact) mass is 339 g/mol. The van der Waals surface area contributed by atoms with Crippen molar-refractivity contribution in [3.05, 3.63) is 64.3 Å². The molecular weight excluding hydrogens is 326 g/mol. The number of nitriles is 1. The maximum atomic E-state index is 9.25. The first-order valence-electron chi connectivity index (χ1n) is 7.28. The Kier molecular flexibility index (Phi) is 4.50. The Morgan fingerprint density at radius 2 is 2.08 bits per heavy atom. The number of hydrogen-bond acceptors (Lipinski definition) is 5. The molecule has 3 rings (SSSR count). The van der Waals surface area contributed by atoms with Gasteiger partial charge < -0.3 is 9.15 Å². The van der Waals surface area contributed by atoms with Crippen molar-refractivity contribution >= 4 is 11.6 Å². The van der Waals surface area contributed by atoms with E-state index in [4.69, 9.17) is 20.8 Å². The summed E-state index contributed by atoms with van der Waals surface area (Å²) in [5, 5.41) is 9.87. The highest BCUT2D eigenvalue weighted by Crippen LogP contribution is 2.24. The SMILES string of the molecule is Cc1cc(OCc2coc(-c3cccc(Cl)c3)n2)c(C#N)c(C)n1. The van der Waals surface area contributed by atoms with Gasteiger partial charge >= 0.3 is 0 Å². The summed E-state index contributed by atoms with van der Waals surface area (Å²) in [4.78, 5) is 8.65. The molecule has 1 aromatic carbocycles. The normalized spacial score (nSPS) is 10.4. The number of oxazole rings is 1. The first-order chi connectivity index (χ1) is 11.6. The molecule has 0 bridgehead atoms. The van der Waals surface area contributed by atoms with Gasteiger partial charge in [0, 0.05) is 22.3 Å². The first-order valence-corrected chi connectivity index (χ1v) is 7.66. The summed E-state index contributed by atoms with van der Waals surface area (Å²) in [5.41, 5.74) is 3.29. The van der Waals surface area contributed by atoms with Gasteiger partial charge in [0.1, 0.15) is 35.9 Å². The van der Waals surface area contributed by atoms with Crippen molar-refractivity contribution in [3.63, 3.8) is 0 Å². The zero-order chi connectivity index (χ0) is 17.1. The van der Waals surface area contributed by atoms with E-state index >= 15 is 0 Å². The smallest absolute Gasteiger partial charge is 0.226 e. The molecule has 2 heterocycles. The standard InChI is InChI=1S/C18H14ClN3O2/c1-11-6-17(16(8-20)12(2)21-11)23-9-15-10-24-18(22-15)13-4-3-5-14(19)7-13/h3-7,10H,9H2,1-2H3. The highest BCUT2D eigenvalue weighted by Gasteiger charge is 2.12. The number of ether oxygens (including phenoxy) is 1. The van der Waals surface area contributed by atoms with Crippen LogP contribution in [0.25, 0.3) is 11.5 Å². The van der Waals surface area contributed by atoms with Crippen LogP contribution < -0.4 is 4.74 Å². The lowest BCUT2D eigenvalue weighted by molar-refractivity contribution is 0.299. The zero-order valence-electron chi connectivity index (χ0n) is 13.2. The Hall–Kier alpha value is -2.84. The number of halogens is 1. The summed E-state index contributed by atoms with van der Waals surface area (Å²) in [6.07, 6.45) is 1.53. The molecule has 0 spiro atoms. The maximum Gasteiger partial charge on any atom is 0.226 e. The minimum absolute atomic E-state index is 0.196. The minimum Gasteiger partial charge on any atom is -0.486 e. The van der Waals surface area contributed by atoms with E-state index in [0.29, 0.717) is 33.6 Å². The van der Waals surface area contributed by atoms with Gasteiger partial charge in [0.15, 0.2) is 0 Å². The number of aryl methyl sites for hydroxylation is 2. The number of benzene rings is 1. The second-order valence-corrected chi connectivity index (χ2v) is 5.71. The molecule has 120 valence electrons. The quantitative estimate of drug-likeness (QED) is 0.701. The van der Waals surface area contributed by atoms with Crippen molar-refractivity contribution in [3.8, 4) is 23.3 Å². The van der Waals surface area contributed by atoms with Gasteiger partial charge in [0.05, 0.1) is 5.69 Å². The van der Waals surface area contributed by atoms with Crippen LogP contribution in [0.5, 0.6) is 5.75 Å². The average Bonchev–Trinajstić information content (AvgIpc) is 3.01. The van der Waals surface area contributed by atoms with Crippen LogP contribution in [0.3, 0.4) is 0 Å². The molecule has 2 aromatic heterocycles. The van der Waals surface area contributed by atoms with Crippen LogP contribution >= 0.6 is 11.6 Å². The number of rotatable bonds is 4. The number of nitrogens with zero attached hydrogens (tertiary/aromatic N) is 3. The fraction of sp³-hybridized carbons (Fsp3) is 0.167. The van der Waals surface area contributed by atoms with Crippen LogP contribution in [-0.4, -0.2) is 9.97 Å². The van der Waals surface area contributed by atoms with E-state index in [2.05, 4.69) is 16.0 Å². The predicted molar refractivity (Wildman–Crippen MR) is 89.7 cm³/mol. The van der Waals surface area contributed by atoms with Crippen molar-refractivity contribution < 1.29 is 9.15 Å². The molecule has 0 atom stereocenters. The Bertz CT molecular complexity index is 928. The predicted octanol–water partition coefficient (Wildman–Crippen LogP) is 4.46. The zero-order valence-corrected chi connectivity index (χ0v) is 14.0. The summed E-state index contributed by atoms with van der Waals surface area (Å²) >= 11 is 5.98. The lowest BCUT2D eigenvalue weighted by Crippen LogP contribution is -2.01. The second-order valence-electron chi connectivity index (χ2n) is 5.28. The van der Waals surface area contributed by atoms with Gasteiger partial charge in [-0.15, -0.1) is 0 Å². The molecule has 0 unspecified atom stereocenters. The molecule has 0 saturated carbocycles. The second kappa shape index (κ2) is 6.73. The van der Waals surface area contributed by atoms with E-state index in [9.17, 15) is 5.26 Å². The summed E-state index contributed by atoms with van der Waals surface area (Å²) in [6.45, 7) is 3.84. The molecule has 0 N–H and O–H groups in total. The first kappa shape index (κ1) is 16.0. The van der Waals surface area contributed by atoms with Gasteiger partial charge in [-0.1, -0.05) is 17.7 Å². The van der Waals surface area contributed by atoms with Gasteiger partial charge in [-0.25, -0.2) is 4.98 Å². The van der Waals surface area contributed by atoms with Gasteiger partial charge in [0.25, 0.3) is 0 Å². The molecule has 0 amide bonds. The van der Waals surface area contributed by atoms with Crippen LogP contribution in [0, 0.1) is 25.2 Å². The van der Waals surface area contributed by atoms with Crippen molar-refractivity contribution in [2.45, 2.75) is 20.5 Å². The van der Waals surface area contributed by atoms with Crippen LogP contribution in [0.2, 0.25) is 5.02 Å². The third-order valence-corrected chi connectivity index (χ3v) is 3.64. The maximum absolute atomic E-state index is 9.25. The lowest BCUT2D eigenvalue weighted by atomic mass is 10.2. The largest absolute Gasteiger partial charge is 0.486 e. The van der Waals surface area contributed by atoms with Crippen molar-refractivity contribution in [2.75, 3.05) is 0 Å². The molecule has 0 aliphatic rings. The van der Waals surface area contributed by atoms with Gasteiger partial charge in [-0.3, -0.25) is 4.98 Å². The summed E-state index contributed by atoms with van der Waals surface area (Å²) in [6, 6.07) is 11.1. The Morgan fingerprint density at radius 1 is 1.25 bits per heavy atom. The fourth-order valence-corrected chi connectivity index (χ4v) is 2.51. The summed E-state index contributed by atoms with van der Waals surface area (Å²) in [7, 11) is 0. The van der Waals surface area contributed by atoms with Crippen molar-refractivity contribution in [2.24, 2.45) is 0 Å². The van der Waals surface area contributed by atoms with Crippen LogP contribution in [-0.2, 0) is 6.61 Å². The number of hydrogen-bond donors (Lipinski definition) is 0. The molecule has 0 saturated heterocycles. The number of aromatic nitrogens is 2. The molecule has 24 heavy (non-hydrogen) atoms. The Labute approximate surface area is 144 Å². The molecular formula is C18H14ClN3O2.